The zero-order valence-corrected chi connectivity index (χ0v) is 26.3. The Kier molecular flexibility index (Phi) is 10.4. The number of non-ortho nitro benzene ring substituents is 1. The minimum atomic E-state index is -1.04. The molecular weight excluding hydrogens is 572 g/mol. The van der Waals surface area contributed by atoms with Crippen LogP contribution in [0.4, 0.5) is 5.69 Å². The molecule has 0 amide bonds. The van der Waals surface area contributed by atoms with E-state index >= 15 is 0 Å². The van der Waals surface area contributed by atoms with Crippen molar-refractivity contribution in [2.24, 2.45) is 5.73 Å². The molecule has 0 bridgehead atoms. The molecule has 3 aromatic carbocycles. The van der Waals surface area contributed by atoms with Gasteiger partial charge in [0.1, 0.15) is 11.4 Å². The van der Waals surface area contributed by atoms with Crippen LogP contribution in [0.5, 0.6) is 0 Å². The average molecular weight is 613 g/mol. The first-order valence-electron chi connectivity index (χ1n) is 14.7. The van der Waals surface area contributed by atoms with Gasteiger partial charge in [0.25, 0.3) is 5.69 Å². The van der Waals surface area contributed by atoms with Crippen LogP contribution in [-0.2, 0) is 19.1 Å². The lowest BCUT2D eigenvalue weighted by atomic mass is 9.81. The number of ether oxygens (including phenoxy) is 2. The molecule has 3 N–H and O–H groups in total. The molecule has 10 heteroatoms. The Labute approximate surface area is 263 Å². The highest BCUT2D eigenvalue weighted by molar-refractivity contribution is 6.00. The normalized spacial score (nSPS) is 15.2. The van der Waals surface area contributed by atoms with Gasteiger partial charge in [-0.25, -0.2) is 9.59 Å². The van der Waals surface area contributed by atoms with Crippen LogP contribution in [0.1, 0.15) is 55.7 Å². The van der Waals surface area contributed by atoms with Gasteiger partial charge >= 0.3 is 11.9 Å². The highest BCUT2D eigenvalue weighted by atomic mass is 16.6. The molecule has 236 valence electrons. The Bertz CT molecular complexity index is 1560. The molecule has 0 aliphatic carbocycles. The van der Waals surface area contributed by atoms with Crippen molar-refractivity contribution in [1.82, 2.24) is 10.2 Å². The van der Waals surface area contributed by atoms with Crippen LogP contribution in [0.15, 0.2) is 108 Å². The maximum absolute atomic E-state index is 13.9. The molecule has 3 aromatic rings. The molecule has 10 nitrogen and oxygen atoms in total. The summed E-state index contributed by atoms with van der Waals surface area (Å²) >= 11 is 0. The number of benzene rings is 3. The number of carbonyl (C=O) groups is 2. The number of rotatable bonds is 12. The van der Waals surface area contributed by atoms with Gasteiger partial charge in [-0.05, 0) is 57.5 Å². The molecular formula is C35H40N4O6. The van der Waals surface area contributed by atoms with Crippen molar-refractivity contribution in [3.05, 3.63) is 134 Å². The van der Waals surface area contributed by atoms with Crippen LogP contribution in [-0.4, -0.2) is 54.6 Å². The second-order valence-electron chi connectivity index (χ2n) is 11.8. The number of hydrogen-bond acceptors (Lipinski definition) is 9. The molecule has 1 aliphatic rings. The summed E-state index contributed by atoms with van der Waals surface area (Å²) in [4.78, 5) is 40.0. The van der Waals surface area contributed by atoms with Crippen molar-refractivity contribution >= 4 is 17.6 Å². The summed E-state index contributed by atoms with van der Waals surface area (Å²) in [6.07, 6.45) is 0.845. The van der Waals surface area contributed by atoms with E-state index in [9.17, 15) is 19.7 Å². The summed E-state index contributed by atoms with van der Waals surface area (Å²) in [5, 5.41) is 14.4. The van der Waals surface area contributed by atoms with Crippen LogP contribution in [0, 0.1) is 10.1 Å². The summed E-state index contributed by atoms with van der Waals surface area (Å²) < 4.78 is 11.1. The van der Waals surface area contributed by atoms with Crippen molar-refractivity contribution in [3.8, 4) is 0 Å². The standard InChI is InChI=1S/C35H40N4O6/c1-23-29(33(40)44-5)30(26-17-12-18-27(21-26)39(42)43)31(32(36)37-23)34(41)45-35(2,3)22-38(4)20-19-28(24-13-8-6-9-14-24)25-15-10-7-11-16-25/h6-18,21,28,30,37H,19-20,22,36H2,1-5H3. The number of nitro benzene ring substituents is 1. The first-order valence-corrected chi connectivity index (χ1v) is 14.7. The predicted molar refractivity (Wildman–Crippen MR) is 172 cm³/mol. The summed E-state index contributed by atoms with van der Waals surface area (Å²) in [5.74, 6) is -2.28. The fraction of sp³-hybridized carbons (Fsp3) is 0.314. The van der Waals surface area contributed by atoms with E-state index in [1.54, 1.807) is 13.0 Å². The maximum atomic E-state index is 13.9. The number of methoxy groups -OCH3 is 1. The summed E-state index contributed by atoms with van der Waals surface area (Å²) in [7, 11) is 3.21. The third-order valence-electron chi connectivity index (χ3n) is 7.86. The number of likely N-dealkylation sites (N-methyl/N-ethyl adjacent to an activating group) is 1. The van der Waals surface area contributed by atoms with Gasteiger partial charge in [-0.2, -0.15) is 0 Å². The first-order chi connectivity index (χ1) is 21.4. The number of nitro groups is 1. The molecule has 1 heterocycles. The fourth-order valence-corrected chi connectivity index (χ4v) is 5.93. The summed E-state index contributed by atoms with van der Waals surface area (Å²) in [6, 6.07) is 26.5. The zero-order valence-electron chi connectivity index (χ0n) is 26.3. The van der Waals surface area contributed by atoms with Crippen LogP contribution in [0.2, 0.25) is 0 Å². The van der Waals surface area contributed by atoms with Crippen LogP contribution in [0.3, 0.4) is 0 Å². The van der Waals surface area contributed by atoms with Gasteiger partial charge in [-0.1, -0.05) is 72.8 Å². The van der Waals surface area contributed by atoms with Crippen molar-refractivity contribution in [2.75, 3.05) is 27.2 Å². The van der Waals surface area contributed by atoms with Gasteiger partial charge in [0.05, 0.1) is 29.1 Å². The van der Waals surface area contributed by atoms with Crippen LogP contribution < -0.4 is 11.1 Å². The summed E-state index contributed by atoms with van der Waals surface area (Å²) in [5.41, 5.74) is 8.46. The fourth-order valence-electron chi connectivity index (χ4n) is 5.93. The lowest BCUT2D eigenvalue weighted by Crippen LogP contribution is -2.43. The van der Waals surface area contributed by atoms with E-state index in [2.05, 4.69) is 34.5 Å². The third kappa shape index (κ3) is 7.96. The molecule has 0 radical (unpaired) electrons. The minimum Gasteiger partial charge on any atom is -0.466 e. The zero-order chi connectivity index (χ0) is 32.7. The number of carbonyl (C=O) groups excluding carboxylic acids is 2. The molecule has 45 heavy (non-hydrogen) atoms. The van der Waals surface area contributed by atoms with E-state index in [1.165, 1.54) is 36.4 Å². The molecule has 1 aliphatic heterocycles. The van der Waals surface area contributed by atoms with E-state index < -0.39 is 28.4 Å². The van der Waals surface area contributed by atoms with E-state index in [0.717, 1.165) is 13.0 Å². The highest BCUT2D eigenvalue weighted by Crippen LogP contribution is 2.40. The quantitative estimate of drug-likeness (QED) is 0.157. The van der Waals surface area contributed by atoms with Crippen LogP contribution in [0.25, 0.3) is 0 Å². The van der Waals surface area contributed by atoms with Gasteiger partial charge in [-0.15, -0.1) is 0 Å². The van der Waals surface area contributed by atoms with Crippen molar-refractivity contribution in [3.63, 3.8) is 0 Å². The SMILES string of the molecule is COC(=O)C1=C(C)NC(N)=C(C(=O)OC(C)(C)CN(C)CCC(c2ccccc2)c2ccccc2)C1c1cccc([N+](=O)[O-])c1. The van der Waals surface area contributed by atoms with Crippen molar-refractivity contribution in [1.29, 1.82) is 0 Å². The third-order valence-corrected chi connectivity index (χ3v) is 7.86. The van der Waals surface area contributed by atoms with Gasteiger partial charge in [0.15, 0.2) is 0 Å². The number of nitrogens with one attached hydrogen (secondary N) is 1. The van der Waals surface area contributed by atoms with Gasteiger partial charge < -0.3 is 25.4 Å². The minimum absolute atomic E-state index is 0.000576. The van der Waals surface area contributed by atoms with E-state index in [1.807, 2.05) is 57.3 Å². The van der Waals surface area contributed by atoms with Crippen molar-refractivity contribution in [2.45, 2.75) is 44.6 Å². The summed E-state index contributed by atoms with van der Waals surface area (Å²) in [6.45, 7) is 6.39. The topological polar surface area (TPSA) is 137 Å². The molecule has 1 unspecified atom stereocenters. The van der Waals surface area contributed by atoms with E-state index in [-0.39, 0.29) is 28.6 Å². The molecule has 0 fully saturated rings. The number of nitrogens with two attached hydrogens (primary N) is 1. The van der Waals surface area contributed by atoms with E-state index in [0.29, 0.717) is 17.8 Å². The Balaban J connectivity index is 1.54. The van der Waals surface area contributed by atoms with Gasteiger partial charge in [-0.3, -0.25) is 10.1 Å². The number of dihydropyridines is 1. The molecule has 0 saturated carbocycles. The van der Waals surface area contributed by atoms with Gasteiger partial charge in [0.2, 0.25) is 0 Å². The van der Waals surface area contributed by atoms with Gasteiger partial charge in [0, 0.05) is 30.3 Å². The lowest BCUT2D eigenvalue weighted by molar-refractivity contribution is -0.384. The molecule has 4 rings (SSSR count). The molecule has 0 saturated heterocycles. The average Bonchev–Trinajstić information content (AvgIpc) is 3.01. The Hall–Kier alpha value is -4.96. The number of nitrogens with zero attached hydrogens (tertiary/aromatic N) is 2. The van der Waals surface area contributed by atoms with Crippen LogP contribution >= 0.6 is 0 Å². The monoisotopic (exact) mass is 612 g/mol. The Morgan fingerprint density at radius 2 is 1.58 bits per heavy atom. The number of esters is 2. The maximum Gasteiger partial charge on any atom is 0.339 e. The predicted octanol–water partition coefficient (Wildman–Crippen LogP) is 5.37. The smallest absolute Gasteiger partial charge is 0.339 e. The lowest BCUT2D eigenvalue weighted by Gasteiger charge is -2.34. The molecule has 0 aromatic heterocycles. The van der Waals surface area contributed by atoms with E-state index in [4.69, 9.17) is 15.2 Å². The molecule has 0 spiro atoms. The Morgan fingerprint density at radius 1 is 0.978 bits per heavy atom. The second-order valence-corrected chi connectivity index (χ2v) is 11.8. The second kappa shape index (κ2) is 14.2. The molecule has 1 atom stereocenters. The highest BCUT2D eigenvalue weighted by Gasteiger charge is 2.40. The Morgan fingerprint density at radius 3 is 2.13 bits per heavy atom. The number of hydrogen-bond donors (Lipinski definition) is 2. The number of allylic oxidation sites excluding steroid dienone is 1. The largest absolute Gasteiger partial charge is 0.466 e. The first kappa shape index (κ1) is 32.9. The van der Waals surface area contributed by atoms with Crippen molar-refractivity contribution < 1.29 is 24.0 Å².